The highest BCUT2D eigenvalue weighted by molar-refractivity contribution is 6.37. The second-order valence-electron chi connectivity index (χ2n) is 6.96. The van der Waals surface area contributed by atoms with Crippen molar-refractivity contribution in [2.45, 2.75) is 26.7 Å². The van der Waals surface area contributed by atoms with E-state index in [-0.39, 0.29) is 11.5 Å². The summed E-state index contributed by atoms with van der Waals surface area (Å²) < 4.78 is 0. The number of hydrogen-bond donors (Lipinski definition) is 2. The van der Waals surface area contributed by atoms with Crippen LogP contribution < -0.4 is 0 Å². The van der Waals surface area contributed by atoms with Gasteiger partial charge in [0.1, 0.15) is 0 Å². The maximum absolute atomic E-state index is 11.2. The molecular formula is C21H18ClN3O2. The molecule has 136 valence electrons. The predicted molar refractivity (Wildman–Crippen MR) is 108 cm³/mol. The van der Waals surface area contributed by atoms with Gasteiger partial charge in [-0.2, -0.15) is 5.10 Å². The van der Waals surface area contributed by atoms with Crippen LogP contribution >= 0.6 is 11.6 Å². The minimum absolute atomic E-state index is 0.156. The summed E-state index contributed by atoms with van der Waals surface area (Å²) in [4.78, 5) is 16.1. The molecule has 2 N–H and O–H groups in total. The van der Waals surface area contributed by atoms with Crippen molar-refractivity contribution in [3.63, 3.8) is 0 Å². The van der Waals surface area contributed by atoms with Gasteiger partial charge >= 0.3 is 5.97 Å². The lowest BCUT2D eigenvalue weighted by atomic mass is 9.93. The fourth-order valence-corrected chi connectivity index (χ4v) is 3.95. The number of aromatic carboxylic acids is 1. The number of carboxylic acid groups (broad SMARTS) is 1. The van der Waals surface area contributed by atoms with Crippen molar-refractivity contribution in [3.8, 4) is 11.3 Å². The van der Waals surface area contributed by atoms with E-state index in [2.05, 4.69) is 24.0 Å². The average molecular weight is 380 g/mol. The Kier molecular flexibility index (Phi) is 4.12. The largest absolute Gasteiger partial charge is 0.478 e. The van der Waals surface area contributed by atoms with Gasteiger partial charge in [0, 0.05) is 27.5 Å². The molecule has 4 rings (SSSR count). The van der Waals surface area contributed by atoms with Crippen molar-refractivity contribution < 1.29 is 9.90 Å². The zero-order chi connectivity index (χ0) is 19.3. The van der Waals surface area contributed by atoms with E-state index in [1.807, 2.05) is 13.0 Å². The Balaban J connectivity index is 2.06. The fraction of sp³-hybridized carbons (Fsp3) is 0.190. The number of nitrogens with one attached hydrogen (secondary N) is 1. The zero-order valence-electron chi connectivity index (χ0n) is 15.2. The molecule has 0 aliphatic rings. The van der Waals surface area contributed by atoms with Crippen LogP contribution in [0.15, 0.2) is 36.5 Å². The molecule has 0 spiro atoms. The first kappa shape index (κ1) is 17.5. The summed E-state index contributed by atoms with van der Waals surface area (Å²) in [5, 5.41) is 18.9. The lowest BCUT2D eigenvalue weighted by Crippen LogP contribution is -2.01. The second kappa shape index (κ2) is 6.35. The van der Waals surface area contributed by atoms with Gasteiger partial charge in [-0.25, -0.2) is 9.78 Å². The molecule has 0 saturated carbocycles. The molecule has 0 aliphatic carbocycles. The number of nitrogens with zero attached hydrogens (tertiary/aromatic N) is 2. The summed E-state index contributed by atoms with van der Waals surface area (Å²) in [6.45, 7) is 6.15. The third-order valence-corrected chi connectivity index (χ3v) is 5.30. The minimum atomic E-state index is -0.951. The number of benzene rings is 2. The first-order chi connectivity index (χ1) is 12.9. The lowest BCUT2D eigenvalue weighted by Gasteiger charge is -2.18. The van der Waals surface area contributed by atoms with Gasteiger partial charge in [-0.1, -0.05) is 37.6 Å². The van der Waals surface area contributed by atoms with Gasteiger partial charge in [0.15, 0.2) is 0 Å². The Bertz CT molecular complexity index is 1190. The summed E-state index contributed by atoms with van der Waals surface area (Å²) in [6.07, 6.45) is 1.78. The van der Waals surface area contributed by atoms with Crippen LogP contribution in [0.25, 0.3) is 33.1 Å². The molecule has 2 aromatic heterocycles. The zero-order valence-corrected chi connectivity index (χ0v) is 15.9. The smallest absolute Gasteiger partial charge is 0.335 e. The Labute approximate surface area is 161 Å². The number of fused-ring (bicyclic) bond motifs is 2. The van der Waals surface area contributed by atoms with Gasteiger partial charge in [-0.3, -0.25) is 5.10 Å². The first-order valence-corrected chi connectivity index (χ1v) is 9.05. The summed E-state index contributed by atoms with van der Waals surface area (Å²) in [5.74, 6) is -0.795. The van der Waals surface area contributed by atoms with Gasteiger partial charge in [0.25, 0.3) is 0 Å². The van der Waals surface area contributed by atoms with Crippen LogP contribution in [0.2, 0.25) is 5.02 Å². The summed E-state index contributed by atoms with van der Waals surface area (Å²) in [5.41, 5.74) is 5.56. The third kappa shape index (κ3) is 2.75. The Hall–Kier alpha value is -2.92. The Morgan fingerprint density at radius 3 is 2.56 bits per heavy atom. The average Bonchev–Trinajstić information content (AvgIpc) is 3.11. The Morgan fingerprint density at radius 1 is 1.22 bits per heavy atom. The van der Waals surface area contributed by atoms with Gasteiger partial charge in [0.05, 0.1) is 33.5 Å². The highest BCUT2D eigenvalue weighted by Crippen LogP contribution is 2.40. The van der Waals surface area contributed by atoms with E-state index in [1.165, 1.54) is 0 Å². The number of aromatic nitrogens is 3. The van der Waals surface area contributed by atoms with E-state index in [1.54, 1.807) is 30.5 Å². The van der Waals surface area contributed by atoms with Crippen LogP contribution in [0.1, 0.15) is 41.3 Å². The van der Waals surface area contributed by atoms with Crippen molar-refractivity contribution in [1.29, 1.82) is 0 Å². The van der Waals surface area contributed by atoms with E-state index < -0.39 is 5.97 Å². The number of carboxylic acids is 1. The molecule has 6 heteroatoms. The number of pyridine rings is 1. The maximum atomic E-state index is 11.2. The molecule has 2 aromatic carbocycles. The van der Waals surface area contributed by atoms with Crippen molar-refractivity contribution in [3.05, 3.63) is 58.2 Å². The van der Waals surface area contributed by atoms with E-state index >= 15 is 0 Å². The quantitative estimate of drug-likeness (QED) is 0.488. The van der Waals surface area contributed by atoms with Crippen molar-refractivity contribution in [2.75, 3.05) is 0 Å². The van der Waals surface area contributed by atoms with E-state index in [4.69, 9.17) is 21.7 Å². The van der Waals surface area contributed by atoms with Crippen LogP contribution in [0.3, 0.4) is 0 Å². The van der Waals surface area contributed by atoms with Crippen LogP contribution in [0, 0.1) is 6.92 Å². The molecule has 4 aromatic rings. The standard InChI is InChI=1S/C21H18ClN3O2/c1-10(2)16-17(22)15-8-14-9-23-25-18(14)11(3)19(15)24-20(16)12-4-6-13(7-5-12)21(26)27/h4-10H,1-3H3,(H,23,25)(H,26,27). The lowest BCUT2D eigenvalue weighted by molar-refractivity contribution is 0.0697. The number of rotatable bonds is 3. The van der Waals surface area contributed by atoms with Crippen LogP contribution in [-0.4, -0.2) is 26.3 Å². The van der Waals surface area contributed by atoms with Crippen LogP contribution in [-0.2, 0) is 0 Å². The van der Waals surface area contributed by atoms with Crippen LogP contribution in [0.5, 0.6) is 0 Å². The summed E-state index contributed by atoms with van der Waals surface area (Å²) >= 11 is 6.85. The molecule has 0 bridgehead atoms. The van der Waals surface area contributed by atoms with Crippen molar-refractivity contribution >= 4 is 39.4 Å². The number of aromatic amines is 1. The van der Waals surface area contributed by atoms with E-state index in [0.717, 1.165) is 44.2 Å². The molecule has 0 amide bonds. The molecular weight excluding hydrogens is 362 g/mol. The van der Waals surface area contributed by atoms with Crippen molar-refractivity contribution in [1.82, 2.24) is 15.2 Å². The molecule has 0 aliphatic heterocycles. The van der Waals surface area contributed by atoms with Gasteiger partial charge < -0.3 is 5.11 Å². The summed E-state index contributed by atoms with van der Waals surface area (Å²) in [7, 11) is 0. The summed E-state index contributed by atoms with van der Waals surface area (Å²) in [6, 6.07) is 8.76. The number of aryl methyl sites for hydroxylation is 1. The monoisotopic (exact) mass is 379 g/mol. The van der Waals surface area contributed by atoms with Crippen LogP contribution in [0.4, 0.5) is 0 Å². The highest BCUT2D eigenvalue weighted by atomic mass is 35.5. The van der Waals surface area contributed by atoms with Crippen molar-refractivity contribution in [2.24, 2.45) is 0 Å². The molecule has 0 saturated heterocycles. The molecule has 27 heavy (non-hydrogen) atoms. The fourth-order valence-electron chi connectivity index (χ4n) is 3.50. The molecule has 0 atom stereocenters. The maximum Gasteiger partial charge on any atom is 0.335 e. The first-order valence-electron chi connectivity index (χ1n) is 8.68. The highest BCUT2D eigenvalue weighted by Gasteiger charge is 2.20. The topological polar surface area (TPSA) is 78.9 Å². The molecule has 0 fully saturated rings. The molecule has 2 heterocycles. The molecule has 5 nitrogen and oxygen atoms in total. The van der Waals surface area contributed by atoms with Gasteiger partial charge in [0.2, 0.25) is 0 Å². The normalized spacial score (nSPS) is 11.6. The van der Waals surface area contributed by atoms with Gasteiger partial charge in [-0.05, 0) is 31.0 Å². The predicted octanol–water partition coefficient (Wildman–Crippen LogP) is 5.56. The Morgan fingerprint density at radius 2 is 1.93 bits per heavy atom. The second-order valence-corrected chi connectivity index (χ2v) is 7.34. The van der Waals surface area contributed by atoms with E-state index in [0.29, 0.717) is 5.02 Å². The van der Waals surface area contributed by atoms with Gasteiger partial charge in [-0.15, -0.1) is 0 Å². The minimum Gasteiger partial charge on any atom is -0.478 e. The number of halogens is 1. The number of carbonyl (C=O) groups is 1. The SMILES string of the molecule is Cc1c2nc(-c3ccc(C(=O)O)cc3)c(C(C)C)c(Cl)c2cc2cn[nH]c12. The molecule has 0 radical (unpaired) electrons. The third-order valence-electron chi connectivity index (χ3n) is 4.89. The van der Waals surface area contributed by atoms with E-state index in [9.17, 15) is 4.79 Å². The molecule has 0 unspecified atom stereocenters. The number of H-pyrrole nitrogens is 1. The number of hydrogen-bond acceptors (Lipinski definition) is 3.